The first-order chi connectivity index (χ1) is 11.9. The van der Waals surface area contributed by atoms with Gasteiger partial charge in [0.1, 0.15) is 24.2 Å². The summed E-state index contributed by atoms with van der Waals surface area (Å²) in [5, 5.41) is 4.27. The lowest BCUT2D eigenvalue weighted by Gasteiger charge is -2.20. The molecule has 4 heteroatoms. The van der Waals surface area contributed by atoms with Crippen molar-refractivity contribution in [3.63, 3.8) is 0 Å². The molecule has 124 valence electrons. The minimum Gasteiger partial charge on any atom is -0.457 e. The van der Waals surface area contributed by atoms with E-state index in [4.69, 9.17) is 4.74 Å². The molecule has 0 N–H and O–H groups in total. The van der Waals surface area contributed by atoms with Gasteiger partial charge in [0.2, 0.25) is 0 Å². The van der Waals surface area contributed by atoms with Crippen LogP contribution in [0.4, 0.5) is 0 Å². The van der Waals surface area contributed by atoms with Crippen molar-refractivity contribution in [2.24, 2.45) is 0 Å². The Balaban J connectivity index is 1.86. The summed E-state index contributed by atoms with van der Waals surface area (Å²) >= 11 is 0. The van der Waals surface area contributed by atoms with Crippen molar-refractivity contribution in [1.82, 2.24) is 14.8 Å². The lowest BCUT2D eigenvalue weighted by Crippen LogP contribution is -2.11. The molecule has 0 amide bonds. The second kappa shape index (κ2) is 8.29. The van der Waals surface area contributed by atoms with E-state index < -0.39 is 0 Å². The Bertz CT molecular complexity index is 726. The number of hydrogen-bond acceptors (Lipinski definition) is 3. The highest BCUT2D eigenvalue weighted by molar-refractivity contribution is 5.40. The Morgan fingerprint density at radius 3 is 2.58 bits per heavy atom. The molecular formula is C20H23N3O. The molecule has 1 unspecified atom stereocenters. The van der Waals surface area contributed by atoms with E-state index in [-0.39, 0.29) is 0 Å². The van der Waals surface area contributed by atoms with Crippen LogP contribution in [0, 0.1) is 0 Å². The van der Waals surface area contributed by atoms with E-state index in [1.807, 2.05) is 47.1 Å². The van der Waals surface area contributed by atoms with E-state index in [2.05, 4.69) is 29.1 Å². The lowest BCUT2D eigenvalue weighted by molar-refractivity contribution is 0.436. The minimum absolute atomic E-state index is 0.353. The maximum atomic E-state index is 6.14. The van der Waals surface area contributed by atoms with Gasteiger partial charge in [-0.3, -0.25) is 4.68 Å². The molecule has 1 aromatic heterocycles. The molecule has 0 spiro atoms. The molecule has 0 aliphatic heterocycles. The molecule has 0 aliphatic rings. The number of hydrogen-bond donors (Lipinski definition) is 0. The molecule has 0 aliphatic carbocycles. The van der Waals surface area contributed by atoms with Crippen molar-refractivity contribution in [1.29, 1.82) is 0 Å². The van der Waals surface area contributed by atoms with Crippen LogP contribution in [0.1, 0.15) is 37.7 Å². The van der Waals surface area contributed by atoms with E-state index in [1.54, 1.807) is 12.7 Å². The molecule has 2 aromatic carbocycles. The smallest absolute Gasteiger partial charge is 0.137 e. The zero-order chi connectivity index (χ0) is 16.6. The summed E-state index contributed by atoms with van der Waals surface area (Å²) in [6.45, 7) is 3.04. The number of aromatic nitrogens is 3. The van der Waals surface area contributed by atoms with Crippen LogP contribution in [0.3, 0.4) is 0 Å². The Kier molecular flexibility index (Phi) is 5.61. The topological polar surface area (TPSA) is 39.9 Å². The lowest BCUT2D eigenvalue weighted by atomic mass is 9.92. The molecule has 3 rings (SSSR count). The highest BCUT2D eigenvalue weighted by Gasteiger charge is 2.17. The van der Waals surface area contributed by atoms with Crippen LogP contribution in [-0.2, 0) is 6.54 Å². The van der Waals surface area contributed by atoms with Crippen molar-refractivity contribution >= 4 is 0 Å². The van der Waals surface area contributed by atoms with Gasteiger partial charge in [0.15, 0.2) is 0 Å². The van der Waals surface area contributed by atoms with E-state index in [1.165, 1.54) is 18.4 Å². The number of benzene rings is 2. The number of nitrogens with zero attached hydrogens (tertiary/aromatic N) is 3. The first-order valence-electron chi connectivity index (χ1n) is 8.51. The fraction of sp³-hybridized carbons (Fsp3) is 0.300. The second-order valence-electron chi connectivity index (χ2n) is 5.91. The van der Waals surface area contributed by atoms with Crippen LogP contribution in [0.5, 0.6) is 11.5 Å². The van der Waals surface area contributed by atoms with E-state index in [0.29, 0.717) is 5.92 Å². The van der Waals surface area contributed by atoms with Crippen LogP contribution in [0.15, 0.2) is 67.3 Å². The van der Waals surface area contributed by atoms with E-state index >= 15 is 0 Å². The summed E-state index contributed by atoms with van der Waals surface area (Å²) in [4.78, 5) is 4.06. The fourth-order valence-electron chi connectivity index (χ4n) is 2.87. The zero-order valence-corrected chi connectivity index (χ0v) is 14.0. The third-order valence-electron chi connectivity index (χ3n) is 4.11. The monoisotopic (exact) mass is 321 g/mol. The molecule has 1 atom stereocenters. The predicted molar refractivity (Wildman–Crippen MR) is 95.2 cm³/mol. The van der Waals surface area contributed by atoms with Gasteiger partial charge in [-0.05, 0) is 30.2 Å². The van der Waals surface area contributed by atoms with Crippen molar-refractivity contribution in [3.8, 4) is 11.5 Å². The molecule has 0 saturated carbocycles. The Morgan fingerprint density at radius 1 is 1.04 bits per heavy atom. The molecule has 0 bridgehead atoms. The molecule has 0 saturated heterocycles. The summed E-state index contributed by atoms with van der Waals surface area (Å²) < 4.78 is 8.05. The number of unbranched alkanes of at least 4 members (excludes halogenated alkanes) is 1. The normalized spacial score (nSPS) is 12.0. The SMILES string of the molecule is CCCCC(Cn1cncn1)c1ccccc1Oc1ccccc1. The first kappa shape index (κ1) is 16.2. The summed E-state index contributed by atoms with van der Waals surface area (Å²) in [7, 11) is 0. The average Bonchev–Trinajstić information content (AvgIpc) is 3.13. The maximum absolute atomic E-state index is 6.14. The molecule has 3 aromatic rings. The second-order valence-corrected chi connectivity index (χ2v) is 5.91. The molecule has 24 heavy (non-hydrogen) atoms. The Hall–Kier alpha value is -2.62. The number of ether oxygens (including phenoxy) is 1. The van der Waals surface area contributed by atoms with Gasteiger partial charge < -0.3 is 4.74 Å². The third-order valence-corrected chi connectivity index (χ3v) is 4.11. The predicted octanol–water partition coefficient (Wildman–Crippen LogP) is 5.04. The third kappa shape index (κ3) is 4.22. The fourth-order valence-corrected chi connectivity index (χ4v) is 2.87. The largest absolute Gasteiger partial charge is 0.457 e. The van der Waals surface area contributed by atoms with Crippen molar-refractivity contribution in [2.75, 3.05) is 0 Å². The van der Waals surface area contributed by atoms with Gasteiger partial charge in [-0.2, -0.15) is 5.10 Å². The minimum atomic E-state index is 0.353. The van der Waals surface area contributed by atoms with Gasteiger partial charge in [-0.25, -0.2) is 4.98 Å². The van der Waals surface area contributed by atoms with Gasteiger partial charge in [0.05, 0.1) is 0 Å². The summed E-state index contributed by atoms with van der Waals surface area (Å²) in [5.74, 6) is 2.14. The van der Waals surface area contributed by atoms with E-state index in [0.717, 1.165) is 24.5 Å². The molecule has 0 fully saturated rings. The van der Waals surface area contributed by atoms with Crippen LogP contribution in [0.2, 0.25) is 0 Å². The van der Waals surface area contributed by atoms with E-state index in [9.17, 15) is 0 Å². The zero-order valence-electron chi connectivity index (χ0n) is 14.0. The maximum Gasteiger partial charge on any atom is 0.137 e. The van der Waals surface area contributed by atoms with Crippen molar-refractivity contribution in [3.05, 3.63) is 72.8 Å². The van der Waals surface area contributed by atoms with Crippen molar-refractivity contribution < 1.29 is 4.74 Å². The average molecular weight is 321 g/mol. The van der Waals surface area contributed by atoms with Gasteiger partial charge in [0.25, 0.3) is 0 Å². The highest BCUT2D eigenvalue weighted by atomic mass is 16.5. The summed E-state index contributed by atoms with van der Waals surface area (Å²) in [6.07, 6.45) is 6.82. The summed E-state index contributed by atoms with van der Waals surface area (Å²) in [6, 6.07) is 18.2. The van der Waals surface area contributed by atoms with Crippen LogP contribution in [-0.4, -0.2) is 14.8 Å². The Morgan fingerprint density at radius 2 is 1.83 bits per heavy atom. The Labute approximate surface area is 143 Å². The first-order valence-corrected chi connectivity index (χ1v) is 8.51. The van der Waals surface area contributed by atoms with Gasteiger partial charge >= 0.3 is 0 Å². The molecule has 0 radical (unpaired) electrons. The number of rotatable bonds is 8. The van der Waals surface area contributed by atoms with Gasteiger partial charge in [0, 0.05) is 12.5 Å². The van der Waals surface area contributed by atoms with Crippen LogP contribution in [0.25, 0.3) is 0 Å². The van der Waals surface area contributed by atoms with Crippen molar-refractivity contribution in [2.45, 2.75) is 38.6 Å². The highest BCUT2D eigenvalue weighted by Crippen LogP contribution is 2.34. The standard InChI is InChI=1S/C20H23N3O/c1-2-3-9-17(14-23-16-21-15-22-23)19-12-7-8-13-20(19)24-18-10-5-4-6-11-18/h4-8,10-13,15-17H,2-3,9,14H2,1H3. The van der Waals surface area contributed by atoms with Gasteiger partial charge in [-0.1, -0.05) is 56.2 Å². The molecular weight excluding hydrogens is 298 g/mol. The number of para-hydroxylation sites is 2. The molecule has 1 heterocycles. The summed E-state index contributed by atoms with van der Waals surface area (Å²) in [5.41, 5.74) is 1.23. The molecule has 4 nitrogen and oxygen atoms in total. The van der Waals surface area contributed by atoms with Crippen LogP contribution >= 0.6 is 0 Å². The van der Waals surface area contributed by atoms with Crippen LogP contribution < -0.4 is 4.74 Å². The van der Waals surface area contributed by atoms with Gasteiger partial charge in [-0.15, -0.1) is 0 Å². The quantitative estimate of drug-likeness (QED) is 0.583.